The van der Waals surface area contributed by atoms with Crippen molar-refractivity contribution in [3.05, 3.63) is 45.8 Å². The molecule has 0 aliphatic carbocycles. The van der Waals surface area contributed by atoms with Crippen LogP contribution in [0.4, 0.5) is 19.0 Å². The lowest BCUT2D eigenvalue weighted by Crippen LogP contribution is -2.55. The number of likely N-dealkylation sites (tertiary alicyclic amines) is 1. The van der Waals surface area contributed by atoms with Crippen LogP contribution in [-0.4, -0.2) is 46.0 Å². The number of fused-ring (bicyclic) bond motifs is 3. The molecule has 1 fully saturated rings. The molecule has 0 unspecified atom stereocenters. The van der Waals surface area contributed by atoms with E-state index in [1.54, 1.807) is 4.90 Å². The number of anilines is 1. The zero-order chi connectivity index (χ0) is 27.4. The average molecular weight is 534 g/mol. The molecule has 3 aliphatic heterocycles. The van der Waals surface area contributed by atoms with Crippen LogP contribution in [0.25, 0.3) is 0 Å². The Morgan fingerprint density at radius 3 is 2.71 bits per heavy atom. The molecule has 4 atom stereocenters. The Labute approximate surface area is 220 Å². The maximum absolute atomic E-state index is 13.6. The molecule has 8 nitrogen and oxygen atoms in total. The molecule has 38 heavy (non-hydrogen) atoms. The van der Waals surface area contributed by atoms with Crippen LogP contribution in [0.1, 0.15) is 79.8 Å². The molecule has 2 aromatic rings. The minimum Gasteiger partial charge on any atom is -0.472 e. The number of halogens is 3. The van der Waals surface area contributed by atoms with Crippen LogP contribution in [0, 0.1) is 5.92 Å². The zero-order valence-corrected chi connectivity index (χ0v) is 22.1. The van der Waals surface area contributed by atoms with Gasteiger partial charge >= 0.3 is 6.18 Å². The molecule has 0 aromatic carbocycles. The number of piperidine rings is 1. The average Bonchev–Trinajstić information content (AvgIpc) is 3.26. The number of carbonyl (C=O) groups is 1. The second kappa shape index (κ2) is 10.00. The van der Waals surface area contributed by atoms with Gasteiger partial charge in [-0.1, -0.05) is 26.8 Å². The standard InChI is InChI=1S/C27H34F3N5O3/c1-13(2)16-5-6-22(27(28,29)30)34-25(16)38-21-11-35(8-7-14(21)3)26(36)19-9-17-18-12-37-15(4)23(18)24(31)33-20(17)10-32-19/h5-6,13-15,19,21,32H,7-12H2,1-4H3,(H2,31,33)/t14-,15+,19+,21+/m0/s1. The molecule has 0 bridgehead atoms. The third kappa shape index (κ3) is 4.93. The molecule has 1 saturated heterocycles. The molecule has 5 rings (SSSR count). The highest BCUT2D eigenvalue weighted by Crippen LogP contribution is 2.39. The van der Waals surface area contributed by atoms with Crippen molar-refractivity contribution in [1.82, 2.24) is 20.2 Å². The largest absolute Gasteiger partial charge is 0.472 e. The molecule has 11 heteroatoms. The van der Waals surface area contributed by atoms with Crippen molar-refractivity contribution in [2.24, 2.45) is 5.92 Å². The van der Waals surface area contributed by atoms with Gasteiger partial charge in [0, 0.05) is 24.2 Å². The lowest BCUT2D eigenvalue weighted by Gasteiger charge is -2.39. The summed E-state index contributed by atoms with van der Waals surface area (Å²) in [5, 5.41) is 3.30. The predicted molar refractivity (Wildman–Crippen MR) is 134 cm³/mol. The number of carbonyl (C=O) groups excluding carboxylic acids is 1. The van der Waals surface area contributed by atoms with E-state index in [2.05, 4.69) is 15.3 Å². The molecule has 3 N–H and O–H groups in total. The van der Waals surface area contributed by atoms with E-state index >= 15 is 0 Å². The normalized spacial score (nSPS) is 25.3. The van der Waals surface area contributed by atoms with Crippen molar-refractivity contribution in [3.63, 3.8) is 0 Å². The van der Waals surface area contributed by atoms with Crippen LogP contribution < -0.4 is 15.8 Å². The monoisotopic (exact) mass is 533 g/mol. The highest BCUT2D eigenvalue weighted by Gasteiger charge is 2.38. The van der Waals surface area contributed by atoms with Gasteiger partial charge in [0.25, 0.3) is 0 Å². The van der Waals surface area contributed by atoms with Crippen LogP contribution in [-0.2, 0) is 35.3 Å². The van der Waals surface area contributed by atoms with E-state index in [1.165, 1.54) is 6.07 Å². The van der Waals surface area contributed by atoms with Gasteiger partial charge in [-0.3, -0.25) is 10.1 Å². The number of nitrogens with one attached hydrogen (secondary N) is 1. The van der Waals surface area contributed by atoms with Gasteiger partial charge in [-0.25, -0.2) is 9.97 Å². The van der Waals surface area contributed by atoms with Crippen molar-refractivity contribution in [2.45, 2.75) is 84.0 Å². The van der Waals surface area contributed by atoms with Crippen LogP contribution in [0.3, 0.4) is 0 Å². The van der Waals surface area contributed by atoms with E-state index in [0.29, 0.717) is 43.9 Å². The quantitative estimate of drug-likeness (QED) is 0.610. The molecule has 1 amide bonds. The minimum absolute atomic E-state index is 0.0148. The van der Waals surface area contributed by atoms with E-state index < -0.39 is 24.0 Å². The Morgan fingerprint density at radius 2 is 2.00 bits per heavy atom. The first-order valence-corrected chi connectivity index (χ1v) is 13.1. The Hall–Kier alpha value is -2.92. The van der Waals surface area contributed by atoms with Gasteiger partial charge in [0.05, 0.1) is 31.0 Å². The van der Waals surface area contributed by atoms with Crippen LogP contribution in [0.15, 0.2) is 12.1 Å². The first-order valence-electron chi connectivity index (χ1n) is 13.1. The number of rotatable bonds is 4. The summed E-state index contributed by atoms with van der Waals surface area (Å²) in [6.45, 7) is 9.40. The Bertz CT molecular complexity index is 1240. The number of amides is 1. The molecule has 2 aromatic heterocycles. The van der Waals surface area contributed by atoms with Crippen molar-refractivity contribution in [3.8, 4) is 5.88 Å². The second-order valence-electron chi connectivity index (χ2n) is 10.9. The Kier molecular flexibility index (Phi) is 7.02. The summed E-state index contributed by atoms with van der Waals surface area (Å²) in [6.07, 6.45) is -4.02. The summed E-state index contributed by atoms with van der Waals surface area (Å²) in [5.74, 6) is 0.377. The van der Waals surface area contributed by atoms with E-state index in [0.717, 1.165) is 28.5 Å². The first-order chi connectivity index (χ1) is 17.9. The van der Waals surface area contributed by atoms with Crippen LogP contribution in [0.2, 0.25) is 0 Å². The smallest absolute Gasteiger partial charge is 0.433 e. The highest BCUT2D eigenvalue weighted by atomic mass is 19.4. The van der Waals surface area contributed by atoms with Gasteiger partial charge in [-0.2, -0.15) is 13.2 Å². The van der Waals surface area contributed by atoms with Crippen molar-refractivity contribution >= 4 is 11.7 Å². The number of alkyl halides is 3. The van der Waals surface area contributed by atoms with Crippen molar-refractivity contribution in [1.29, 1.82) is 0 Å². The van der Waals surface area contributed by atoms with E-state index in [9.17, 15) is 18.0 Å². The molecular formula is C27H34F3N5O3. The topological polar surface area (TPSA) is 103 Å². The molecule has 0 spiro atoms. The van der Waals surface area contributed by atoms with Gasteiger partial charge in [0.2, 0.25) is 11.8 Å². The molecule has 0 radical (unpaired) electrons. The van der Waals surface area contributed by atoms with Crippen molar-refractivity contribution < 1.29 is 27.4 Å². The molecular weight excluding hydrogens is 499 g/mol. The summed E-state index contributed by atoms with van der Waals surface area (Å²) in [7, 11) is 0. The maximum Gasteiger partial charge on any atom is 0.433 e. The Balaban J connectivity index is 1.34. The van der Waals surface area contributed by atoms with E-state index in [4.69, 9.17) is 15.2 Å². The number of nitrogens with two attached hydrogens (primary N) is 1. The van der Waals surface area contributed by atoms with Gasteiger partial charge in [-0.15, -0.1) is 0 Å². The number of nitrogen functional groups attached to an aromatic ring is 1. The van der Waals surface area contributed by atoms with Crippen LogP contribution in [0.5, 0.6) is 5.88 Å². The maximum atomic E-state index is 13.6. The molecule has 206 valence electrons. The summed E-state index contributed by atoms with van der Waals surface area (Å²) in [4.78, 5) is 23.8. The third-order valence-electron chi connectivity index (χ3n) is 7.94. The fraction of sp³-hybridized carbons (Fsp3) is 0.593. The van der Waals surface area contributed by atoms with Gasteiger partial charge in [0.1, 0.15) is 17.6 Å². The molecule has 0 saturated carbocycles. The van der Waals surface area contributed by atoms with Gasteiger partial charge in [-0.05, 0) is 48.8 Å². The number of hydrogen-bond donors (Lipinski definition) is 2. The second-order valence-corrected chi connectivity index (χ2v) is 10.9. The summed E-state index contributed by atoms with van der Waals surface area (Å²) >= 11 is 0. The predicted octanol–water partition coefficient (Wildman–Crippen LogP) is 4.12. The SMILES string of the molecule is CC(C)c1ccc(C(F)(F)F)nc1O[C@@H]1CN(C(=O)[C@H]2Cc3c(nc(N)c4c3CO[C@@H]4C)CN2)CC[C@@H]1C. The van der Waals surface area contributed by atoms with Crippen LogP contribution >= 0.6 is 0 Å². The number of aromatic nitrogens is 2. The number of pyridine rings is 2. The molecule has 3 aliphatic rings. The summed E-state index contributed by atoms with van der Waals surface area (Å²) in [6, 6.07) is 1.97. The van der Waals surface area contributed by atoms with Crippen molar-refractivity contribution in [2.75, 3.05) is 18.8 Å². The lowest BCUT2D eigenvalue weighted by atomic mass is 9.90. The summed E-state index contributed by atoms with van der Waals surface area (Å²) in [5.41, 5.74) is 9.60. The zero-order valence-electron chi connectivity index (χ0n) is 22.1. The van der Waals surface area contributed by atoms with E-state index in [1.807, 2.05) is 27.7 Å². The molecule has 5 heterocycles. The minimum atomic E-state index is -4.57. The third-order valence-corrected chi connectivity index (χ3v) is 7.94. The van der Waals surface area contributed by atoms with Gasteiger partial charge in [0.15, 0.2) is 0 Å². The van der Waals surface area contributed by atoms with Gasteiger partial charge < -0.3 is 20.1 Å². The fourth-order valence-corrected chi connectivity index (χ4v) is 5.63. The summed E-state index contributed by atoms with van der Waals surface area (Å²) < 4.78 is 52.0. The number of hydrogen-bond acceptors (Lipinski definition) is 7. The Morgan fingerprint density at radius 1 is 1.24 bits per heavy atom. The van der Waals surface area contributed by atoms with E-state index in [-0.39, 0.29) is 36.3 Å². The number of ether oxygens (including phenoxy) is 2. The first kappa shape index (κ1) is 26.7. The fourth-order valence-electron chi connectivity index (χ4n) is 5.63. The number of nitrogens with zero attached hydrogens (tertiary/aromatic N) is 3. The lowest BCUT2D eigenvalue weighted by molar-refractivity contribution is -0.141. The highest BCUT2D eigenvalue weighted by molar-refractivity contribution is 5.83.